The molecule has 1 N–H and O–H groups in total. The summed E-state index contributed by atoms with van der Waals surface area (Å²) in [6.07, 6.45) is 12.1. The summed E-state index contributed by atoms with van der Waals surface area (Å²) < 4.78 is 0. The first-order chi connectivity index (χ1) is 5.95. The van der Waals surface area contributed by atoms with Crippen molar-refractivity contribution in [3.63, 3.8) is 0 Å². The van der Waals surface area contributed by atoms with Crippen LogP contribution in [0.4, 0.5) is 0 Å². The zero-order chi connectivity index (χ0) is 7.97. The Morgan fingerprint density at radius 1 is 1.08 bits per heavy atom. The summed E-state index contributed by atoms with van der Waals surface area (Å²) in [5, 5.41) is 3.60. The smallest absolute Gasteiger partial charge is 0.0287 e. The molecule has 1 saturated heterocycles. The van der Waals surface area contributed by atoms with Crippen LogP contribution in [0.5, 0.6) is 0 Å². The largest absolute Gasteiger partial charge is 0.310 e. The van der Waals surface area contributed by atoms with Gasteiger partial charge in [0.1, 0.15) is 0 Å². The lowest BCUT2D eigenvalue weighted by atomic mass is 9.71. The summed E-state index contributed by atoms with van der Waals surface area (Å²) in [7, 11) is 0. The summed E-state index contributed by atoms with van der Waals surface area (Å²) in [4.78, 5) is 0. The van der Waals surface area contributed by atoms with Crippen LogP contribution in [0.1, 0.15) is 12.8 Å². The van der Waals surface area contributed by atoms with Crippen molar-refractivity contribution in [2.75, 3.05) is 6.54 Å². The lowest BCUT2D eigenvalue weighted by molar-refractivity contribution is 0.279. The predicted octanol–water partition coefficient (Wildman–Crippen LogP) is 1.73. The van der Waals surface area contributed by atoms with E-state index >= 15 is 0 Å². The maximum Gasteiger partial charge on any atom is 0.0287 e. The molecule has 0 spiro atoms. The van der Waals surface area contributed by atoms with Gasteiger partial charge < -0.3 is 5.32 Å². The molecule has 1 heterocycles. The molecule has 64 valence electrons. The van der Waals surface area contributed by atoms with Crippen LogP contribution >= 0.6 is 0 Å². The van der Waals surface area contributed by atoms with Crippen LogP contribution in [-0.4, -0.2) is 12.6 Å². The van der Waals surface area contributed by atoms with E-state index in [1.807, 2.05) is 0 Å². The van der Waals surface area contributed by atoms with Crippen LogP contribution in [-0.2, 0) is 0 Å². The fourth-order valence-corrected chi connectivity index (χ4v) is 3.08. The minimum absolute atomic E-state index is 0.693. The Morgan fingerprint density at radius 2 is 2.00 bits per heavy atom. The molecule has 0 radical (unpaired) electrons. The molecule has 4 unspecified atom stereocenters. The van der Waals surface area contributed by atoms with E-state index < -0.39 is 0 Å². The Bertz CT molecular complexity index is 241. The Kier molecular flexibility index (Phi) is 1.42. The SMILES string of the molecule is C1=CC2NCC3CC=CC(C1)C32. The van der Waals surface area contributed by atoms with Crippen LogP contribution < -0.4 is 5.32 Å². The van der Waals surface area contributed by atoms with Gasteiger partial charge in [-0.2, -0.15) is 0 Å². The predicted molar refractivity (Wildman–Crippen MR) is 49.8 cm³/mol. The molecule has 0 bridgehead atoms. The van der Waals surface area contributed by atoms with Gasteiger partial charge in [0, 0.05) is 6.04 Å². The maximum absolute atomic E-state index is 3.60. The molecular formula is C11H15N. The second kappa shape index (κ2) is 2.46. The average molecular weight is 161 g/mol. The van der Waals surface area contributed by atoms with E-state index in [9.17, 15) is 0 Å². The molecule has 1 fully saturated rings. The highest BCUT2D eigenvalue weighted by Gasteiger charge is 2.40. The number of rotatable bonds is 0. The topological polar surface area (TPSA) is 12.0 Å². The number of nitrogens with one attached hydrogen (secondary N) is 1. The summed E-state index contributed by atoms with van der Waals surface area (Å²) in [6, 6.07) is 0.693. The minimum Gasteiger partial charge on any atom is -0.310 e. The van der Waals surface area contributed by atoms with Crippen LogP contribution in [0.2, 0.25) is 0 Å². The lowest BCUT2D eigenvalue weighted by Crippen LogP contribution is -2.33. The Morgan fingerprint density at radius 3 is 3.00 bits per heavy atom. The number of hydrogen-bond donors (Lipinski definition) is 1. The van der Waals surface area contributed by atoms with Gasteiger partial charge in [-0.15, -0.1) is 0 Å². The van der Waals surface area contributed by atoms with Crippen molar-refractivity contribution in [2.24, 2.45) is 17.8 Å². The molecule has 3 aliphatic rings. The molecule has 1 heteroatoms. The Balaban J connectivity index is 1.98. The van der Waals surface area contributed by atoms with Crippen molar-refractivity contribution in [3.8, 4) is 0 Å². The second-order valence-corrected chi connectivity index (χ2v) is 4.26. The van der Waals surface area contributed by atoms with Gasteiger partial charge >= 0.3 is 0 Å². The molecule has 0 aromatic rings. The van der Waals surface area contributed by atoms with Crippen molar-refractivity contribution < 1.29 is 0 Å². The van der Waals surface area contributed by atoms with E-state index in [-0.39, 0.29) is 0 Å². The van der Waals surface area contributed by atoms with E-state index in [1.54, 1.807) is 0 Å². The average Bonchev–Trinajstić information content (AvgIpc) is 2.52. The zero-order valence-corrected chi connectivity index (χ0v) is 7.24. The highest BCUT2D eigenvalue weighted by molar-refractivity contribution is 5.17. The second-order valence-electron chi connectivity index (χ2n) is 4.26. The molecule has 0 aromatic heterocycles. The molecule has 0 aromatic carbocycles. The maximum atomic E-state index is 3.60. The monoisotopic (exact) mass is 161 g/mol. The van der Waals surface area contributed by atoms with Gasteiger partial charge in [0.15, 0.2) is 0 Å². The van der Waals surface area contributed by atoms with Crippen molar-refractivity contribution in [3.05, 3.63) is 24.3 Å². The van der Waals surface area contributed by atoms with Crippen molar-refractivity contribution in [2.45, 2.75) is 18.9 Å². The Hall–Kier alpha value is -0.560. The highest BCUT2D eigenvalue weighted by atomic mass is 15.0. The van der Waals surface area contributed by atoms with Crippen LogP contribution in [0.3, 0.4) is 0 Å². The molecule has 2 aliphatic carbocycles. The van der Waals surface area contributed by atoms with Crippen LogP contribution in [0.25, 0.3) is 0 Å². The molecule has 1 nitrogen and oxygen atoms in total. The normalized spacial score (nSPS) is 49.3. The van der Waals surface area contributed by atoms with Gasteiger partial charge in [-0.1, -0.05) is 24.3 Å². The Labute approximate surface area is 73.5 Å². The standard InChI is InChI=1S/C11H15N/c1-3-8-4-2-6-10-11(8)9(5-1)7-12-10/h1-3,6,8-12H,4-5,7H2. The first kappa shape index (κ1) is 6.90. The minimum atomic E-state index is 0.693. The first-order valence-corrected chi connectivity index (χ1v) is 5.02. The molecule has 3 rings (SSSR count). The highest BCUT2D eigenvalue weighted by Crippen LogP contribution is 2.41. The van der Waals surface area contributed by atoms with E-state index in [1.165, 1.54) is 19.4 Å². The summed E-state index contributed by atoms with van der Waals surface area (Å²) in [5.74, 6) is 2.68. The zero-order valence-electron chi connectivity index (χ0n) is 7.24. The van der Waals surface area contributed by atoms with Crippen molar-refractivity contribution >= 4 is 0 Å². The molecule has 12 heavy (non-hydrogen) atoms. The third-order valence-corrected chi connectivity index (χ3v) is 3.64. The van der Waals surface area contributed by atoms with Gasteiger partial charge in [0.2, 0.25) is 0 Å². The molecular weight excluding hydrogens is 146 g/mol. The fraction of sp³-hybridized carbons (Fsp3) is 0.636. The van der Waals surface area contributed by atoms with E-state index in [0.29, 0.717) is 6.04 Å². The third kappa shape index (κ3) is 0.831. The van der Waals surface area contributed by atoms with Gasteiger partial charge in [0.05, 0.1) is 0 Å². The van der Waals surface area contributed by atoms with E-state index in [4.69, 9.17) is 0 Å². The van der Waals surface area contributed by atoms with Crippen molar-refractivity contribution in [1.29, 1.82) is 0 Å². The lowest BCUT2D eigenvalue weighted by Gasteiger charge is -2.33. The third-order valence-electron chi connectivity index (χ3n) is 3.64. The molecule has 0 amide bonds. The van der Waals surface area contributed by atoms with E-state index in [0.717, 1.165) is 17.8 Å². The molecule has 0 saturated carbocycles. The molecule has 4 atom stereocenters. The molecule has 1 aliphatic heterocycles. The van der Waals surface area contributed by atoms with Gasteiger partial charge in [0.25, 0.3) is 0 Å². The van der Waals surface area contributed by atoms with Gasteiger partial charge in [-0.25, -0.2) is 0 Å². The van der Waals surface area contributed by atoms with Gasteiger partial charge in [-0.3, -0.25) is 0 Å². The number of allylic oxidation sites excluding steroid dienone is 3. The first-order valence-electron chi connectivity index (χ1n) is 5.02. The summed E-state index contributed by atoms with van der Waals surface area (Å²) in [6.45, 7) is 1.24. The summed E-state index contributed by atoms with van der Waals surface area (Å²) in [5.41, 5.74) is 0. The van der Waals surface area contributed by atoms with Crippen molar-refractivity contribution in [1.82, 2.24) is 5.32 Å². The fourth-order valence-electron chi connectivity index (χ4n) is 3.08. The number of hydrogen-bond acceptors (Lipinski definition) is 1. The van der Waals surface area contributed by atoms with E-state index in [2.05, 4.69) is 29.6 Å². The quantitative estimate of drug-likeness (QED) is 0.533. The summed E-state index contributed by atoms with van der Waals surface area (Å²) >= 11 is 0. The van der Waals surface area contributed by atoms with Crippen LogP contribution in [0.15, 0.2) is 24.3 Å². The van der Waals surface area contributed by atoms with Crippen LogP contribution in [0, 0.1) is 17.8 Å². The van der Waals surface area contributed by atoms with Gasteiger partial charge in [-0.05, 0) is 37.1 Å².